The normalized spacial score (nSPS) is 19.9. The maximum atomic E-state index is 13.5. The number of nitrogens with one attached hydrogen (secondary N) is 1. The molecule has 0 aliphatic carbocycles. The van der Waals surface area contributed by atoms with Crippen molar-refractivity contribution in [3.05, 3.63) is 28.2 Å². The minimum atomic E-state index is -0.701. The molecule has 92 valence electrons. The minimum Gasteiger partial charge on any atom is -0.371 e. The smallest absolute Gasteiger partial charge is 0.244 e. The zero-order valence-corrected chi connectivity index (χ0v) is 10.7. The van der Waals surface area contributed by atoms with Gasteiger partial charge in [-0.1, -0.05) is 0 Å². The van der Waals surface area contributed by atoms with Crippen LogP contribution in [-0.4, -0.2) is 30.4 Å². The highest BCUT2D eigenvalue weighted by atomic mass is 79.9. The second-order valence-electron chi connectivity index (χ2n) is 3.99. The lowest BCUT2D eigenvalue weighted by atomic mass is 10.2. The van der Waals surface area contributed by atoms with Crippen molar-refractivity contribution in [2.45, 2.75) is 12.5 Å². The molecule has 6 heteroatoms. The Morgan fingerprint density at radius 2 is 2.12 bits per heavy atom. The fraction of sp³-hybridized carbons (Fsp3) is 0.364. The van der Waals surface area contributed by atoms with Gasteiger partial charge in [0, 0.05) is 19.7 Å². The molecule has 1 heterocycles. The molecular weight excluding hydrogens is 294 g/mol. The van der Waals surface area contributed by atoms with Crippen LogP contribution in [0.2, 0.25) is 0 Å². The van der Waals surface area contributed by atoms with Gasteiger partial charge >= 0.3 is 0 Å². The summed E-state index contributed by atoms with van der Waals surface area (Å²) in [5.74, 6) is -1.44. The van der Waals surface area contributed by atoms with Gasteiger partial charge in [0.05, 0.1) is 10.2 Å². The Morgan fingerprint density at radius 3 is 2.71 bits per heavy atom. The van der Waals surface area contributed by atoms with E-state index in [1.165, 1.54) is 6.07 Å². The van der Waals surface area contributed by atoms with Crippen LogP contribution in [0, 0.1) is 11.6 Å². The average molecular weight is 305 g/mol. The molecule has 0 aromatic heterocycles. The van der Waals surface area contributed by atoms with Gasteiger partial charge in [-0.05, 0) is 28.4 Å². The Hall–Kier alpha value is -1.17. The summed E-state index contributed by atoms with van der Waals surface area (Å²) >= 11 is 2.98. The first-order valence-electron chi connectivity index (χ1n) is 5.15. The van der Waals surface area contributed by atoms with Crippen LogP contribution < -0.4 is 5.32 Å². The van der Waals surface area contributed by atoms with E-state index in [2.05, 4.69) is 21.2 Å². The topological polar surface area (TPSA) is 32.3 Å². The molecule has 1 amide bonds. The molecule has 3 nitrogen and oxygen atoms in total. The number of hydrogen-bond donors (Lipinski definition) is 1. The van der Waals surface area contributed by atoms with Gasteiger partial charge in [0.1, 0.15) is 17.7 Å². The number of likely N-dealkylation sites (N-methyl/N-ethyl adjacent to an activating group) is 1. The number of halogens is 3. The van der Waals surface area contributed by atoms with Crippen LogP contribution in [0.5, 0.6) is 0 Å². The largest absolute Gasteiger partial charge is 0.371 e. The summed E-state index contributed by atoms with van der Waals surface area (Å²) in [6.45, 7) is 0.639. The third kappa shape index (κ3) is 2.41. The lowest BCUT2D eigenvalue weighted by Gasteiger charge is -2.14. The number of nitrogens with zero attached hydrogens (tertiary/aromatic N) is 1. The summed E-state index contributed by atoms with van der Waals surface area (Å²) < 4.78 is 26.6. The molecule has 1 saturated heterocycles. The second kappa shape index (κ2) is 4.60. The molecule has 0 unspecified atom stereocenters. The molecular formula is C11H11BrF2N2O. The van der Waals surface area contributed by atoms with Gasteiger partial charge in [-0.2, -0.15) is 0 Å². The number of anilines is 1. The molecule has 1 aromatic rings. The van der Waals surface area contributed by atoms with Crippen molar-refractivity contribution in [1.82, 2.24) is 4.90 Å². The molecule has 0 bridgehead atoms. The molecule has 0 spiro atoms. The fourth-order valence-electron chi connectivity index (χ4n) is 1.78. The van der Waals surface area contributed by atoms with Crippen molar-refractivity contribution >= 4 is 27.5 Å². The summed E-state index contributed by atoms with van der Waals surface area (Å²) in [6, 6.07) is 1.65. The van der Waals surface area contributed by atoms with Crippen molar-refractivity contribution in [1.29, 1.82) is 0 Å². The van der Waals surface area contributed by atoms with E-state index in [0.29, 0.717) is 13.0 Å². The van der Waals surface area contributed by atoms with Crippen molar-refractivity contribution in [2.75, 3.05) is 18.9 Å². The highest BCUT2D eigenvalue weighted by molar-refractivity contribution is 9.10. The van der Waals surface area contributed by atoms with Gasteiger partial charge in [-0.15, -0.1) is 0 Å². The van der Waals surface area contributed by atoms with Crippen LogP contribution in [0.25, 0.3) is 0 Å². The van der Waals surface area contributed by atoms with Gasteiger partial charge < -0.3 is 10.2 Å². The summed E-state index contributed by atoms with van der Waals surface area (Å²) in [4.78, 5) is 13.2. The van der Waals surface area contributed by atoms with Gasteiger partial charge in [0.2, 0.25) is 5.91 Å². The van der Waals surface area contributed by atoms with Crippen LogP contribution >= 0.6 is 15.9 Å². The van der Waals surface area contributed by atoms with E-state index in [1.807, 2.05) is 0 Å². The Balaban J connectivity index is 2.19. The van der Waals surface area contributed by atoms with Gasteiger partial charge in [-0.3, -0.25) is 4.79 Å². The van der Waals surface area contributed by atoms with Crippen LogP contribution in [0.4, 0.5) is 14.5 Å². The molecule has 1 atom stereocenters. The molecule has 17 heavy (non-hydrogen) atoms. The van der Waals surface area contributed by atoms with Crippen LogP contribution in [-0.2, 0) is 4.79 Å². The van der Waals surface area contributed by atoms with E-state index in [4.69, 9.17) is 0 Å². The molecule has 0 saturated carbocycles. The third-order valence-electron chi connectivity index (χ3n) is 2.77. The standard InChI is InChI=1S/C11H11BrF2N2O/c1-16-3-2-9(11(16)17)15-10-4-6(12)7(13)5-8(10)14/h4-5,9,15H,2-3H2,1H3/t9-/m0/s1. The van der Waals surface area contributed by atoms with Crippen LogP contribution in [0.15, 0.2) is 16.6 Å². The Morgan fingerprint density at radius 1 is 1.41 bits per heavy atom. The predicted octanol–water partition coefficient (Wildman–Crippen LogP) is 2.37. The first-order chi connectivity index (χ1) is 7.99. The number of likely N-dealkylation sites (tertiary alicyclic amines) is 1. The first-order valence-corrected chi connectivity index (χ1v) is 5.94. The van der Waals surface area contributed by atoms with E-state index >= 15 is 0 Å². The molecule has 1 aromatic carbocycles. The van der Waals surface area contributed by atoms with E-state index in [1.54, 1.807) is 11.9 Å². The fourth-order valence-corrected chi connectivity index (χ4v) is 2.12. The number of carbonyl (C=O) groups excluding carboxylic acids is 1. The Bertz CT molecular complexity index is 467. The minimum absolute atomic E-state index is 0.0788. The van der Waals surface area contributed by atoms with Gasteiger partial charge in [0.15, 0.2) is 0 Å². The van der Waals surface area contributed by atoms with E-state index in [-0.39, 0.29) is 16.1 Å². The predicted molar refractivity (Wildman–Crippen MR) is 63.7 cm³/mol. The van der Waals surface area contributed by atoms with E-state index in [9.17, 15) is 13.6 Å². The zero-order chi connectivity index (χ0) is 12.6. The van der Waals surface area contributed by atoms with Gasteiger partial charge in [-0.25, -0.2) is 8.78 Å². The SMILES string of the molecule is CN1CC[C@H](Nc2cc(Br)c(F)cc2F)C1=O. The Kier molecular flexibility index (Phi) is 3.33. The summed E-state index contributed by atoms with van der Waals surface area (Å²) in [5.41, 5.74) is 0.131. The molecule has 1 N–H and O–H groups in total. The van der Waals surface area contributed by atoms with Gasteiger partial charge in [0.25, 0.3) is 0 Å². The average Bonchev–Trinajstić information content (AvgIpc) is 2.58. The maximum Gasteiger partial charge on any atom is 0.244 e. The highest BCUT2D eigenvalue weighted by Gasteiger charge is 2.29. The van der Waals surface area contributed by atoms with Crippen molar-refractivity contribution < 1.29 is 13.6 Å². The zero-order valence-electron chi connectivity index (χ0n) is 9.14. The van der Waals surface area contributed by atoms with E-state index < -0.39 is 17.7 Å². The number of amides is 1. The Labute approximate surface area is 106 Å². The molecule has 1 aliphatic heterocycles. The maximum absolute atomic E-state index is 13.5. The molecule has 1 fully saturated rings. The summed E-state index contributed by atoms with van der Waals surface area (Å²) in [7, 11) is 1.70. The quantitative estimate of drug-likeness (QED) is 0.851. The summed E-state index contributed by atoms with van der Waals surface area (Å²) in [6.07, 6.45) is 0.615. The number of rotatable bonds is 2. The molecule has 2 rings (SSSR count). The lowest BCUT2D eigenvalue weighted by molar-refractivity contribution is -0.127. The number of hydrogen-bond acceptors (Lipinski definition) is 2. The third-order valence-corrected chi connectivity index (χ3v) is 3.37. The molecule has 0 radical (unpaired) electrons. The highest BCUT2D eigenvalue weighted by Crippen LogP contribution is 2.25. The first kappa shape index (κ1) is 12.3. The van der Waals surface area contributed by atoms with Crippen molar-refractivity contribution in [3.8, 4) is 0 Å². The van der Waals surface area contributed by atoms with Crippen molar-refractivity contribution in [3.63, 3.8) is 0 Å². The number of benzene rings is 1. The second-order valence-corrected chi connectivity index (χ2v) is 4.85. The lowest BCUT2D eigenvalue weighted by Crippen LogP contribution is -2.31. The number of carbonyl (C=O) groups is 1. The monoisotopic (exact) mass is 304 g/mol. The van der Waals surface area contributed by atoms with Crippen LogP contribution in [0.1, 0.15) is 6.42 Å². The van der Waals surface area contributed by atoms with Crippen molar-refractivity contribution in [2.24, 2.45) is 0 Å². The van der Waals surface area contributed by atoms with Crippen LogP contribution in [0.3, 0.4) is 0 Å². The van der Waals surface area contributed by atoms with E-state index in [0.717, 1.165) is 6.07 Å². The molecule has 1 aliphatic rings. The summed E-state index contributed by atoms with van der Waals surface area (Å²) in [5, 5.41) is 2.79.